The second-order valence-corrected chi connectivity index (χ2v) is 4.37. The molecule has 2 aromatic rings. The molecule has 1 aromatic heterocycles. The van der Waals surface area contributed by atoms with Crippen LogP contribution in [-0.2, 0) is 6.18 Å². The largest absolute Gasteiger partial charge is 0.433 e. The molecule has 0 saturated carbocycles. The summed E-state index contributed by atoms with van der Waals surface area (Å²) < 4.78 is 55.4. The number of nitro groups is 1. The van der Waals surface area contributed by atoms with Gasteiger partial charge in [-0.15, -0.1) is 0 Å². The molecular formula is C13H7F4N3O4. The number of hydrazone groups is 1. The lowest BCUT2D eigenvalue weighted by Crippen LogP contribution is -2.16. The van der Waals surface area contributed by atoms with Gasteiger partial charge in [0.05, 0.1) is 17.8 Å². The average molecular weight is 345 g/mol. The van der Waals surface area contributed by atoms with Gasteiger partial charge >= 0.3 is 18.0 Å². The number of carbonyl (C=O) groups is 1. The molecule has 0 unspecified atom stereocenters. The molecule has 126 valence electrons. The van der Waals surface area contributed by atoms with Gasteiger partial charge in [-0.05, 0) is 29.8 Å². The molecule has 0 fully saturated rings. The SMILES string of the molecule is O=C(N/N=C/c1cc(F)cc(C(F)(F)F)c1)c1ccc([N+](=O)[O-])o1. The highest BCUT2D eigenvalue weighted by Gasteiger charge is 2.31. The molecule has 0 atom stereocenters. The summed E-state index contributed by atoms with van der Waals surface area (Å²) in [6, 6.07) is 3.70. The highest BCUT2D eigenvalue weighted by Crippen LogP contribution is 2.30. The van der Waals surface area contributed by atoms with E-state index in [1.54, 1.807) is 0 Å². The lowest BCUT2D eigenvalue weighted by atomic mass is 10.1. The Balaban J connectivity index is 2.09. The molecule has 2 rings (SSSR count). The van der Waals surface area contributed by atoms with Gasteiger partial charge in [0, 0.05) is 0 Å². The Morgan fingerprint density at radius 3 is 2.58 bits per heavy atom. The van der Waals surface area contributed by atoms with Gasteiger partial charge in [0.25, 0.3) is 0 Å². The molecule has 1 heterocycles. The Hall–Kier alpha value is -3.24. The van der Waals surface area contributed by atoms with E-state index in [9.17, 15) is 32.5 Å². The Bertz CT molecular complexity index is 814. The van der Waals surface area contributed by atoms with E-state index in [1.807, 2.05) is 5.43 Å². The van der Waals surface area contributed by atoms with Crippen LogP contribution in [0.5, 0.6) is 0 Å². The number of alkyl halides is 3. The van der Waals surface area contributed by atoms with E-state index in [4.69, 9.17) is 0 Å². The number of carbonyl (C=O) groups excluding carboxylic acids is 1. The standard InChI is InChI=1S/C13H7F4N3O4/c14-9-4-7(3-8(5-9)13(15,16)17)6-18-19-12(21)10-1-2-11(24-10)20(22)23/h1-6H,(H,19,21)/b18-6+. The second-order valence-electron chi connectivity index (χ2n) is 4.37. The maximum absolute atomic E-state index is 13.2. The van der Waals surface area contributed by atoms with E-state index < -0.39 is 40.0 Å². The van der Waals surface area contributed by atoms with E-state index in [-0.39, 0.29) is 5.56 Å². The molecular weight excluding hydrogens is 338 g/mol. The van der Waals surface area contributed by atoms with Crippen LogP contribution >= 0.6 is 0 Å². The number of amides is 1. The van der Waals surface area contributed by atoms with Crippen LogP contribution in [0.4, 0.5) is 23.4 Å². The Kier molecular flexibility index (Phi) is 4.62. The van der Waals surface area contributed by atoms with Crippen molar-refractivity contribution < 1.29 is 31.7 Å². The van der Waals surface area contributed by atoms with Crippen LogP contribution in [0.2, 0.25) is 0 Å². The van der Waals surface area contributed by atoms with Crippen LogP contribution in [0, 0.1) is 15.9 Å². The normalized spacial score (nSPS) is 11.7. The zero-order valence-corrected chi connectivity index (χ0v) is 11.5. The zero-order chi connectivity index (χ0) is 17.9. The van der Waals surface area contributed by atoms with Crippen LogP contribution in [0.3, 0.4) is 0 Å². The molecule has 11 heteroatoms. The number of nitrogens with zero attached hydrogens (tertiary/aromatic N) is 2. The van der Waals surface area contributed by atoms with Gasteiger partial charge in [-0.2, -0.15) is 18.3 Å². The summed E-state index contributed by atoms with van der Waals surface area (Å²) in [6.07, 6.45) is -3.95. The summed E-state index contributed by atoms with van der Waals surface area (Å²) in [5.41, 5.74) is 0.434. The maximum atomic E-state index is 13.2. The van der Waals surface area contributed by atoms with E-state index >= 15 is 0 Å². The summed E-state index contributed by atoms with van der Waals surface area (Å²) in [7, 11) is 0. The highest BCUT2D eigenvalue weighted by molar-refractivity contribution is 5.92. The van der Waals surface area contributed by atoms with E-state index in [0.29, 0.717) is 12.1 Å². The van der Waals surface area contributed by atoms with Gasteiger partial charge in [0.1, 0.15) is 10.7 Å². The second kappa shape index (κ2) is 6.48. The van der Waals surface area contributed by atoms with Crippen LogP contribution in [0.25, 0.3) is 0 Å². The number of furan rings is 1. The predicted octanol–water partition coefficient (Wildman–Crippen LogP) is 3.11. The number of nitrogens with one attached hydrogen (secondary N) is 1. The summed E-state index contributed by atoms with van der Waals surface area (Å²) >= 11 is 0. The van der Waals surface area contributed by atoms with E-state index in [1.165, 1.54) is 0 Å². The zero-order valence-electron chi connectivity index (χ0n) is 11.5. The number of hydrogen-bond donors (Lipinski definition) is 1. The van der Waals surface area contributed by atoms with Crippen molar-refractivity contribution in [3.05, 3.63) is 63.2 Å². The van der Waals surface area contributed by atoms with E-state index in [0.717, 1.165) is 24.4 Å². The van der Waals surface area contributed by atoms with Crippen LogP contribution < -0.4 is 5.43 Å². The summed E-state index contributed by atoms with van der Waals surface area (Å²) in [6.45, 7) is 0. The van der Waals surface area contributed by atoms with Gasteiger partial charge < -0.3 is 4.42 Å². The number of rotatable bonds is 4. The highest BCUT2D eigenvalue weighted by atomic mass is 19.4. The molecule has 1 amide bonds. The lowest BCUT2D eigenvalue weighted by Gasteiger charge is -2.07. The fraction of sp³-hybridized carbons (Fsp3) is 0.0769. The number of hydrogen-bond acceptors (Lipinski definition) is 5. The van der Waals surface area contributed by atoms with Gasteiger partial charge in [-0.3, -0.25) is 14.9 Å². The topological polar surface area (TPSA) is 97.7 Å². The molecule has 7 nitrogen and oxygen atoms in total. The van der Waals surface area contributed by atoms with Crippen molar-refractivity contribution in [1.29, 1.82) is 0 Å². The molecule has 0 saturated heterocycles. The quantitative estimate of drug-likeness (QED) is 0.398. The molecule has 0 spiro atoms. The first-order chi connectivity index (χ1) is 11.2. The van der Waals surface area contributed by atoms with Gasteiger partial charge in [0.15, 0.2) is 0 Å². The minimum Gasteiger partial charge on any atom is -0.395 e. The fourth-order valence-electron chi connectivity index (χ4n) is 1.62. The van der Waals surface area contributed by atoms with Crippen molar-refractivity contribution in [2.75, 3.05) is 0 Å². The number of benzene rings is 1. The van der Waals surface area contributed by atoms with Crippen molar-refractivity contribution in [2.45, 2.75) is 6.18 Å². The third-order valence-corrected chi connectivity index (χ3v) is 2.62. The molecule has 0 aliphatic rings. The van der Waals surface area contributed by atoms with Crippen molar-refractivity contribution in [3.63, 3.8) is 0 Å². The van der Waals surface area contributed by atoms with Crippen LogP contribution in [-0.4, -0.2) is 17.0 Å². The fourth-order valence-corrected chi connectivity index (χ4v) is 1.62. The maximum Gasteiger partial charge on any atom is 0.433 e. The molecule has 0 radical (unpaired) electrons. The summed E-state index contributed by atoms with van der Waals surface area (Å²) in [4.78, 5) is 21.1. The Labute approximate surface area is 130 Å². The van der Waals surface area contributed by atoms with Crippen LogP contribution in [0.1, 0.15) is 21.7 Å². The predicted molar refractivity (Wildman–Crippen MR) is 71.8 cm³/mol. The minimum atomic E-state index is -4.74. The first kappa shape index (κ1) is 17.1. The number of halogens is 4. The minimum absolute atomic E-state index is 0.243. The Morgan fingerprint density at radius 1 is 1.29 bits per heavy atom. The summed E-state index contributed by atoms with van der Waals surface area (Å²) in [5, 5.41) is 13.8. The molecule has 0 bridgehead atoms. The van der Waals surface area contributed by atoms with E-state index in [2.05, 4.69) is 9.52 Å². The molecule has 0 aliphatic heterocycles. The monoisotopic (exact) mass is 345 g/mol. The molecule has 0 aliphatic carbocycles. The van der Waals surface area contributed by atoms with Crippen molar-refractivity contribution >= 4 is 18.0 Å². The first-order valence-corrected chi connectivity index (χ1v) is 6.12. The molecule has 24 heavy (non-hydrogen) atoms. The van der Waals surface area contributed by atoms with Crippen molar-refractivity contribution in [1.82, 2.24) is 5.43 Å². The Morgan fingerprint density at radius 2 is 2.00 bits per heavy atom. The summed E-state index contributed by atoms with van der Waals surface area (Å²) in [5.74, 6) is -3.18. The lowest BCUT2D eigenvalue weighted by molar-refractivity contribution is -0.402. The van der Waals surface area contributed by atoms with Gasteiger partial charge in [-0.1, -0.05) is 0 Å². The third kappa shape index (κ3) is 4.15. The van der Waals surface area contributed by atoms with Crippen molar-refractivity contribution in [2.24, 2.45) is 5.10 Å². The third-order valence-electron chi connectivity index (χ3n) is 2.62. The smallest absolute Gasteiger partial charge is 0.395 e. The average Bonchev–Trinajstić information content (AvgIpc) is 2.95. The first-order valence-electron chi connectivity index (χ1n) is 6.12. The van der Waals surface area contributed by atoms with Crippen LogP contribution in [0.15, 0.2) is 39.9 Å². The van der Waals surface area contributed by atoms with Gasteiger partial charge in [0.2, 0.25) is 5.76 Å². The molecule has 1 aromatic carbocycles. The van der Waals surface area contributed by atoms with Crippen molar-refractivity contribution in [3.8, 4) is 0 Å². The molecule has 1 N–H and O–H groups in total. The van der Waals surface area contributed by atoms with Gasteiger partial charge in [-0.25, -0.2) is 9.82 Å².